The average molecular weight is 413 g/mol. The van der Waals surface area contributed by atoms with Gasteiger partial charge in [0.15, 0.2) is 4.34 Å². The molecule has 0 aliphatic heterocycles. The fourth-order valence-electron chi connectivity index (χ4n) is 2.50. The molecule has 1 N–H and O–H groups in total. The summed E-state index contributed by atoms with van der Waals surface area (Å²) in [5, 5.41) is 4.71. The van der Waals surface area contributed by atoms with E-state index in [2.05, 4.69) is 22.4 Å². The Bertz CT molecular complexity index is 924. The van der Waals surface area contributed by atoms with Crippen molar-refractivity contribution in [1.29, 1.82) is 0 Å². The Morgan fingerprint density at radius 3 is 2.50 bits per heavy atom. The van der Waals surface area contributed by atoms with Gasteiger partial charge in [-0.05, 0) is 30.2 Å². The first-order chi connectivity index (χ1) is 13.6. The molecule has 0 radical (unpaired) electrons. The molecule has 0 aliphatic carbocycles. The summed E-state index contributed by atoms with van der Waals surface area (Å²) in [5.74, 6) is -0.132. The molecule has 0 bridgehead atoms. The average Bonchev–Trinajstić information content (AvgIpc) is 3.15. The Morgan fingerprint density at radius 2 is 1.79 bits per heavy atom. The molecule has 144 valence electrons. The van der Waals surface area contributed by atoms with Crippen LogP contribution in [0.5, 0.6) is 0 Å². The Balaban J connectivity index is 1.48. The molecule has 0 fully saturated rings. The zero-order valence-corrected chi connectivity index (χ0v) is 17.0. The molecule has 0 atom stereocenters. The van der Waals surface area contributed by atoms with Gasteiger partial charge >= 0.3 is 5.97 Å². The molecule has 7 heteroatoms. The summed E-state index contributed by atoms with van der Waals surface area (Å²) in [6, 6.07) is 17.8. The minimum absolute atomic E-state index is 0.0976. The van der Waals surface area contributed by atoms with E-state index in [4.69, 9.17) is 4.74 Å². The van der Waals surface area contributed by atoms with E-state index < -0.39 is 0 Å². The van der Waals surface area contributed by atoms with Crippen LogP contribution < -0.4 is 5.32 Å². The number of anilines is 1. The van der Waals surface area contributed by atoms with Crippen LogP contribution in [0.4, 0.5) is 5.69 Å². The van der Waals surface area contributed by atoms with Crippen molar-refractivity contribution in [3.8, 4) is 11.1 Å². The predicted molar refractivity (Wildman–Crippen MR) is 114 cm³/mol. The third kappa shape index (κ3) is 5.94. The van der Waals surface area contributed by atoms with E-state index in [-0.39, 0.29) is 24.1 Å². The highest BCUT2D eigenvalue weighted by Gasteiger charge is 2.10. The molecule has 28 heavy (non-hydrogen) atoms. The molecule has 3 aromatic rings. The molecule has 0 saturated heterocycles. The highest BCUT2D eigenvalue weighted by Crippen LogP contribution is 2.24. The number of thiazole rings is 1. The molecular formula is C21H20N2O3S2. The van der Waals surface area contributed by atoms with Crippen molar-refractivity contribution in [3.63, 3.8) is 0 Å². The van der Waals surface area contributed by atoms with Crippen molar-refractivity contribution in [2.45, 2.75) is 17.7 Å². The third-order valence-electron chi connectivity index (χ3n) is 3.76. The van der Waals surface area contributed by atoms with Crippen molar-refractivity contribution < 1.29 is 14.3 Å². The van der Waals surface area contributed by atoms with E-state index in [0.29, 0.717) is 12.3 Å². The Kier molecular flexibility index (Phi) is 7.22. The number of amides is 1. The van der Waals surface area contributed by atoms with Gasteiger partial charge in [0.2, 0.25) is 5.91 Å². The summed E-state index contributed by atoms with van der Waals surface area (Å²) in [6.07, 6.45) is 0.158. The normalized spacial score (nSPS) is 10.5. The second kappa shape index (κ2) is 10.1. The minimum Gasteiger partial charge on any atom is -0.466 e. The molecule has 3 rings (SSSR count). The molecule has 5 nitrogen and oxygen atoms in total. The zero-order chi connectivity index (χ0) is 19.8. The SMILES string of the molecule is CCOC(=O)Cc1csc(SCC(=O)Nc2ccc(-c3ccccc3)cc2)n1. The lowest BCUT2D eigenvalue weighted by Crippen LogP contribution is -2.13. The van der Waals surface area contributed by atoms with Crippen LogP contribution in [0.3, 0.4) is 0 Å². The second-order valence-corrected chi connectivity index (χ2v) is 7.95. The number of esters is 1. The van der Waals surface area contributed by atoms with E-state index in [1.165, 1.54) is 23.1 Å². The van der Waals surface area contributed by atoms with E-state index >= 15 is 0 Å². The number of ether oxygens (including phenoxy) is 1. The monoisotopic (exact) mass is 412 g/mol. The van der Waals surface area contributed by atoms with Gasteiger partial charge in [-0.3, -0.25) is 9.59 Å². The van der Waals surface area contributed by atoms with E-state index in [1.54, 1.807) is 6.92 Å². The molecule has 0 aliphatic rings. The lowest BCUT2D eigenvalue weighted by molar-refractivity contribution is -0.142. The first kappa shape index (κ1) is 20.1. The minimum atomic E-state index is -0.291. The number of nitrogens with zero attached hydrogens (tertiary/aromatic N) is 1. The fraction of sp³-hybridized carbons (Fsp3) is 0.190. The Hall–Kier alpha value is -2.64. The number of aromatic nitrogens is 1. The van der Waals surface area contributed by atoms with Gasteiger partial charge in [0.05, 0.1) is 24.5 Å². The summed E-state index contributed by atoms with van der Waals surface area (Å²) in [5.41, 5.74) is 3.67. The summed E-state index contributed by atoms with van der Waals surface area (Å²) in [7, 11) is 0. The van der Waals surface area contributed by atoms with Gasteiger partial charge in [-0.25, -0.2) is 4.98 Å². The molecule has 0 unspecified atom stereocenters. The highest BCUT2D eigenvalue weighted by atomic mass is 32.2. The van der Waals surface area contributed by atoms with Crippen LogP contribution in [0.1, 0.15) is 12.6 Å². The summed E-state index contributed by atoms with van der Waals surface area (Å²) < 4.78 is 5.67. The van der Waals surface area contributed by atoms with Crippen molar-refractivity contribution in [2.75, 3.05) is 17.7 Å². The van der Waals surface area contributed by atoms with Crippen LogP contribution in [0.2, 0.25) is 0 Å². The Morgan fingerprint density at radius 1 is 1.07 bits per heavy atom. The molecule has 1 amide bonds. The Labute approximate surface area is 172 Å². The maximum absolute atomic E-state index is 12.2. The number of hydrogen-bond donors (Lipinski definition) is 1. The van der Waals surface area contributed by atoms with E-state index in [0.717, 1.165) is 21.2 Å². The number of thioether (sulfide) groups is 1. The number of carbonyl (C=O) groups is 2. The van der Waals surface area contributed by atoms with Crippen LogP contribution in [0, 0.1) is 0 Å². The van der Waals surface area contributed by atoms with Gasteiger partial charge < -0.3 is 10.1 Å². The summed E-state index contributed by atoms with van der Waals surface area (Å²) in [4.78, 5) is 28.0. The van der Waals surface area contributed by atoms with Crippen LogP contribution in [-0.2, 0) is 20.7 Å². The summed E-state index contributed by atoms with van der Waals surface area (Å²) in [6.45, 7) is 2.13. The maximum atomic E-state index is 12.2. The van der Waals surface area contributed by atoms with Gasteiger partial charge in [-0.2, -0.15) is 0 Å². The largest absolute Gasteiger partial charge is 0.466 e. The van der Waals surface area contributed by atoms with E-state index in [9.17, 15) is 9.59 Å². The van der Waals surface area contributed by atoms with E-state index in [1.807, 2.05) is 47.8 Å². The van der Waals surface area contributed by atoms with Crippen LogP contribution >= 0.6 is 23.1 Å². The van der Waals surface area contributed by atoms with Gasteiger partial charge in [0, 0.05) is 11.1 Å². The number of benzene rings is 2. The third-order valence-corrected chi connectivity index (χ3v) is 5.83. The standard InChI is InChI=1S/C21H20N2O3S2/c1-2-26-20(25)12-18-13-27-21(23-18)28-14-19(24)22-17-10-8-16(9-11-17)15-6-4-3-5-7-15/h3-11,13H,2,12,14H2,1H3,(H,22,24). The number of rotatable bonds is 8. The predicted octanol–water partition coefficient (Wildman–Crippen LogP) is 4.65. The molecular weight excluding hydrogens is 392 g/mol. The van der Waals surface area contributed by atoms with Crippen LogP contribution in [0.15, 0.2) is 64.3 Å². The smallest absolute Gasteiger partial charge is 0.311 e. The first-order valence-electron chi connectivity index (χ1n) is 8.82. The zero-order valence-electron chi connectivity index (χ0n) is 15.4. The molecule has 1 heterocycles. The van der Waals surface area contributed by atoms with Crippen LogP contribution in [-0.4, -0.2) is 29.2 Å². The number of hydrogen-bond acceptors (Lipinski definition) is 6. The van der Waals surface area contributed by atoms with Crippen molar-refractivity contribution in [2.24, 2.45) is 0 Å². The molecule has 1 aromatic heterocycles. The number of nitrogens with one attached hydrogen (secondary N) is 1. The lowest BCUT2D eigenvalue weighted by atomic mass is 10.1. The quantitative estimate of drug-likeness (QED) is 0.431. The van der Waals surface area contributed by atoms with Crippen molar-refractivity contribution >= 4 is 40.7 Å². The van der Waals surface area contributed by atoms with Crippen molar-refractivity contribution in [3.05, 3.63) is 65.7 Å². The number of carbonyl (C=O) groups excluding carboxylic acids is 2. The lowest BCUT2D eigenvalue weighted by Gasteiger charge is -2.06. The topological polar surface area (TPSA) is 68.3 Å². The second-order valence-electron chi connectivity index (χ2n) is 5.87. The van der Waals surface area contributed by atoms with Crippen molar-refractivity contribution in [1.82, 2.24) is 4.98 Å². The molecule has 0 saturated carbocycles. The molecule has 0 spiro atoms. The van der Waals surface area contributed by atoms with Gasteiger partial charge in [-0.1, -0.05) is 54.2 Å². The fourth-order valence-corrected chi connectivity index (χ4v) is 4.14. The first-order valence-corrected chi connectivity index (χ1v) is 10.7. The summed E-state index contributed by atoms with van der Waals surface area (Å²) >= 11 is 2.77. The maximum Gasteiger partial charge on any atom is 0.311 e. The van der Waals surface area contributed by atoms with Gasteiger partial charge in [-0.15, -0.1) is 11.3 Å². The van der Waals surface area contributed by atoms with Crippen LogP contribution in [0.25, 0.3) is 11.1 Å². The molecule has 2 aromatic carbocycles. The van der Waals surface area contributed by atoms with Gasteiger partial charge in [0.1, 0.15) is 0 Å². The highest BCUT2D eigenvalue weighted by molar-refractivity contribution is 8.01. The van der Waals surface area contributed by atoms with Gasteiger partial charge in [0.25, 0.3) is 0 Å².